The van der Waals surface area contributed by atoms with E-state index in [0.717, 1.165) is 0 Å². The predicted octanol–water partition coefficient (Wildman–Crippen LogP) is 2.18. The van der Waals surface area contributed by atoms with Gasteiger partial charge in [-0.25, -0.2) is 4.98 Å². The zero-order chi connectivity index (χ0) is 17.7. The van der Waals surface area contributed by atoms with Crippen molar-refractivity contribution in [1.29, 1.82) is 0 Å². The number of hydrogen-bond acceptors (Lipinski definition) is 5. The maximum absolute atomic E-state index is 12.8. The van der Waals surface area contributed by atoms with Crippen LogP contribution in [0.4, 0.5) is 0 Å². The SMILES string of the molecule is CC(C)OCCCn1c(SC(C)C(N)=O)nc2ccccc2c1=O. The Morgan fingerprint density at radius 2 is 2.04 bits per heavy atom. The fraction of sp³-hybridized carbons (Fsp3) is 0.471. The summed E-state index contributed by atoms with van der Waals surface area (Å²) in [5, 5.41) is 0.615. The highest BCUT2D eigenvalue weighted by Gasteiger charge is 2.17. The van der Waals surface area contributed by atoms with E-state index < -0.39 is 11.2 Å². The van der Waals surface area contributed by atoms with Gasteiger partial charge in [0, 0.05) is 13.2 Å². The van der Waals surface area contributed by atoms with Crippen LogP contribution in [0.1, 0.15) is 27.2 Å². The Kier molecular flexibility index (Phi) is 6.39. The summed E-state index contributed by atoms with van der Waals surface area (Å²) in [6.07, 6.45) is 0.844. The van der Waals surface area contributed by atoms with E-state index in [2.05, 4.69) is 4.98 Å². The second-order valence-corrected chi connectivity index (χ2v) is 7.11. The molecule has 0 saturated carbocycles. The molecule has 0 saturated heterocycles. The molecule has 2 N–H and O–H groups in total. The van der Waals surface area contributed by atoms with Gasteiger partial charge in [0.05, 0.1) is 22.3 Å². The van der Waals surface area contributed by atoms with E-state index >= 15 is 0 Å². The minimum atomic E-state index is -0.462. The lowest BCUT2D eigenvalue weighted by molar-refractivity contribution is -0.117. The molecule has 0 spiro atoms. The van der Waals surface area contributed by atoms with Crippen LogP contribution < -0.4 is 11.3 Å². The van der Waals surface area contributed by atoms with Crippen LogP contribution in [0.3, 0.4) is 0 Å². The summed E-state index contributed by atoms with van der Waals surface area (Å²) in [7, 11) is 0. The Labute approximate surface area is 145 Å². The van der Waals surface area contributed by atoms with Gasteiger partial charge < -0.3 is 10.5 Å². The molecule has 7 heteroatoms. The largest absolute Gasteiger partial charge is 0.379 e. The molecule has 2 aromatic rings. The molecule has 6 nitrogen and oxygen atoms in total. The van der Waals surface area contributed by atoms with Gasteiger partial charge in [-0.05, 0) is 39.3 Å². The van der Waals surface area contributed by atoms with E-state index in [4.69, 9.17) is 10.5 Å². The fourth-order valence-electron chi connectivity index (χ4n) is 2.19. The number of carbonyl (C=O) groups excluding carboxylic acids is 1. The minimum Gasteiger partial charge on any atom is -0.379 e. The number of hydrogen-bond donors (Lipinski definition) is 1. The zero-order valence-electron chi connectivity index (χ0n) is 14.2. The number of amides is 1. The highest BCUT2D eigenvalue weighted by atomic mass is 32.2. The van der Waals surface area contributed by atoms with Crippen molar-refractivity contribution in [3.63, 3.8) is 0 Å². The molecule has 0 fully saturated rings. The number of aromatic nitrogens is 2. The van der Waals surface area contributed by atoms with Crippen molar-refractivity contribution in [1.82, 2.24) is 9.55 Å². The smallest absolute Gasteiger partial charge is 0.262 e. The Morgan fingerprint density at radius 3 is 2.71 bits per heavy atom. The second-order valence-electron chi connectivity index (χ2n) is 5.80. The predicted molar refractivity (Wildman–Crippen MR) is 96.2 cm³/mol. The van der Waals surface area contributed by atoms with Crippen molar-refractivity contribution >= 4 is 28.6 Å². The summed E-state index contributed by atoms with van der Waals surface area (Å²) in [5.41, 5.74) is 5.86. The van der Waals surface area contributed by atoms with E-state index in [1.807, 2.05) is 26.0 Å². The Morgan fingerprint density at radius 1 is 1.33 bits per heavy atom. The summed E-state index contributed by atoms with van der Waals surface area (Å²) in [6, 6.07) is 7.21. The highest BCUT2D eigenvalue weighted by Crippen LogP contribution is 2.22. The maximum Gasteiger partial charge on any atom is 0.262 e. The number of primary amides is 1. The molecule has 0 aliphatic heterocycles. The number of fused-ring (bicyclic) bond motifs is 1. The Hall–Kier alpha value is -1.86. The third-order valence-corrected chi connectivity index (χ3v) is 4.60. The van der Waals surface area contributed by atoms with Crippen molar-refractivity contribution in [3.05, 3.63) is 34.6 Å². The molecule has 24 heavy (non-hydrogen) atoms. The molecule has 130 valence electrons. The summed E-state index contributed by atoms with van der Waals surface area (Å²) < 4.78 is 7.14. The summed E-state index contributed by atoms with van der Waals surface area (Å²) in [5.74, 6) is -0.433. The summed E-state index contributed by atoms with van der Waals surface area (Å²) >= 11 is 1.21. The molecular formula is C17H23N3O3S. The lowest BCUT2D eigenvalue weighted by atomic mass is 10.2. The summed E-state index contributed by atoms with van der Waals surface area (Å²) in [6.45, 7) is 6.70. The fourth-order valence-corrected chi connectivity index (χ4v) is 3.08. The molecular weight excluding hydrogens is 326 g/mol. The Bertz CT molecular complexity index is 773. The van der Waals surface area contributed by atoms with Crippen LogP contribution in [0.2, 0.25) is 0 Å². The highest BCUT2D eigenvalue weighted by molar-refractivity contribution is 8.00. The lowest BCUT2D eigenvalue weighted by Gasteiger charge is -2.15. The quantitative estimate of drug-likeness (QED) is 0.448. The number of para-hydroxylation sites is 1. The van der Waals surface area contributed by atoms with Crippen molar-refractivity contribution < 1.29 is 9.53 Å². The number of carbonyl (C=O) groups is 1. The van der Waals surface area contributed by atoms with Crippen LogP contribution in [0.15, 0.2) is 34.2 Å². The lowest BCUT2D eigenvalue weighted by Crippen LogP contribution is -2.27. The molecule has 2 rings (SSSR count). The van der Waals surface area contributed by atoms with Crippen LogP contribution in [0.25, 0.3) is 10.9 Å². The van der Waals surface area contributed by atoms with Crippen LogP contribution in [-0.2, 0) is 16.1 Å². The van der Waals surface area contributed by atoms with Crippen LogP contribution >= 0.6 is 11.8 Å². The Balaban J connectivity index is 2.34. The number of benzene rings is 1. The number of ether oxygens (including phenoxy) is 1. The molecule has 1 amide bonds. The van der Waals surface area contributed by atoms with Crippen molar-refractivity contribution in [3.8, 4) is 0 Å². The number of thioether (sulfide) groups is 1. The topological polar surface area (TPSA) is 87.2 Å². The standard InChI is InChI=1S/C17H23N3O3S/c1-11(2)23-10-6-9-20-16(22)13-7-4-5-8-14(13)19-17(20)24-12(3)15(18)21/h4-5,7-8,11-12H,6,9-10H2,1-3H3,(H2,18,21). The first-order valence-electron chi connectivity index (χ1n) is 7.97. The van der Waals surface area contributed by atoms with E-state index in [1.165, 1.54) is 11.8 Å². The molecule has 1 unspecified atom stereocenters. The monoisotopic (exact) mass is 349 g/mol. The van der Waals surface area contributed by atoms with Crippen LogP contribution in [0.5, 0.6) is 0 Å². The number of nitrogens with two attached hydrogens (primary N) is 1. The summed E-state index contributed by atoms with van der Waals surface area (Å²) in [4.78, 5) is 28.7. The first-order valence-corrected chi connectivity index (χ1v) is 8.85. The van der Waals surface area contributed by atoms with Gasteiger partial charge >= 0.3 is 0 Å². The van der Waals surface area contributed by atoms with E-state index in [9.17, 15) is 9.59 Å². The van der Waals surface area contributed by atoms with Gasteiger partial charge in [-0.2, -0.15) is 0 Å². The van der Waals surface area contributed by atoms with Gasteiger partial charge in [-0.1, -0.05) is 23.9 Å². The van der Waals surface area contributed by atoms with Gasteiger partial charge in [0.1, 0.15) is 0 Å². The van der Waals surface area contributed by atoms with E-state index in [-0.39, 0.29) is 11.7 Å². The zero-order valence-corrected chi connectivity index (χ0v) is 15.0. The minimum absolute atomic E-state index is 0.107. The molecule has 0 radical (unpaired) electrons. The molecule has 0 bridgehead atoms. The third-order valence-electron chi connectivity index (χ3n) is 3.49. The first kappa shape index (κ1) is 18.5. The van der Waals surface area contributed by atoms with Crippen molar-refractivity contribution in [2.24, 2.45) is 5.73 Å². The van der Waals surface area contributed by atoms with Crippen LogP contribution in [0, 0.1) is 0 Å². The van der Waals surface area contributed by atoms with Gasteiger partial charge in [-0.3, -0.25) is 14.2 Å². The molecule has 1 heterocycles. The number of nitrogens with zero attached hydrogens (tertiary/aromatic N) is 2. The van der Waals surface area contributed by atoms with Gasteiger partial charge in [-0.15, -0.1) is 0 Å². The molecule has 1 atom stereocenters. The normalized spacial score (nSPS) is 12.7. The molecule has 0 aliphatic carbocycles. The van der Waals surface area contributed by atoms with Gasteiger partial charge in [0.25, 0.3) is 5.56 Å². The molecule has 1 aromatic heterocycles. The van der Waals surface area contributed by atoms with E-state index in [0.29, 0.717) is 35.6 Å². The van der Waals surface area contributed by atoms with Crippen molar-refractivity contribution in [2.45, 2.75) is 50.2 Å². The van der Waals surface area contributed by atoms with Gasteiger partial charge in [0.15, 0.2) is 5.16 Å². The molecule has 1 aromatic carbocycles. The van der Waals surface area contributed by atoms with Gasteiger partial charge in [0.2, 0.25) is 5.91 Å². The first-order chi connectivity index (χ1) is 11.4. The third kappa shape index (κ3) is 4.58. The average Bonchev–Trinajstić information content (AvgIpc) is 2.53. The maximum atomic E-state index is 12.8. The average molecular weight is 349 g/mol. The van der Waals surface area contributed by atoms with E-state index in [1.54, 1.807) is 23.6 Å². The molecule has 0 aliphatic rings. The van der Waals surface area contributed by atoms with Crippen LogP contribution in [-0.4, -0.2) is 33.4 Å². The van der Waals surface area contributed by atoms with Crippen molar-refractivity contribution in [2.75, 3.05) is 6.61 Å². The number of rotatable bonds is 8. The second kappa shape index (κ2) is 8.30.